The molecule has 1 N–H and O–H groups in total. The highest BCUT2D eigenvalue weighted by molar-refractivity contribution is 5.76. The first-order valence-electron chi connectivity index (χ1n) is 8.52. The van der Waals surface area contributed by atoms with E-state index in [1.807, 2.05) is 0 Å². The summed E-state index contributed by atoms with van der Waals surface area (Å²) in [5.74, 6) is 1.01. The first-order valence-corrected chi connectivity index (χ1v) is 8.52. The summed E-state index contributed by atoms with van der Waals surface area (Å²) in [5.41, 5.74) is -0.352. The van der Waals surface area contributed by atoms with E-state index in [4.69, 9.17) is 4.74 Å². The minimum absolute atomic E-state index is 0.0488. The van der Waals surface area contributed by atoms with Crippen molar-refractivity contribution in [3.63, 3.8) is 0 Å². The molecular weight excluding hydrogens is 252 g/mol. The zero-order valence-electron chi connectivity index (χ0n) is 12.3. The number of rotatable bonds is 2. The number of ether oxygens (including phenoxy) is 1. The van der Waals surface area contributed by atoms with Crippen LogP contribution in [0.1, 0.15) is 64.2 Å². The third kappa shape index (κ3) is 1.71. The van der Waals surface area contributed by atoms with Gasteiger partial charge in [-0.05, 0) is 62.7 Å². The maximum Gasteiger partial charge on any atom is 0.310 e. The van der Waals surface area contributed by atoms with Gasteiger partial charge in [-0.3, -0.25) is 4.79 Å². The van der Waals surface area contributed by atoms with E-state index in [1.54, 1.807) is 0 Å². The van der Waals surface area contributed by atoms with Crippen molar-refractivity contribution in [2.24, 2.45) is 23.2 Å². The second-order valence-corrected chi connectivity index (χ2v) is 7.85. The van der Waals surface area contributed by atoms with Crippen LogP contribution in [-0.2, 0) is 9.53 Å². The standard InChI is InChI=1S/C17H26O3/c18-15(19)17(10-12-3-4-13(17)9-12)14-5-8-20-16(11-14)6-1-2-7-16/h12-14H,1-11H2,(H,18,19). The largest absolute Gasteiger partial charge is 0.481 e. The van der Waals surface area contributed by atoms with Gasteiger partial charge in [0.15, 0.2) is 0 Å². The number of fused-ring (bicyclic) bond motifs is 2. The maximum atomic E-state index is 12.2. The fourth-order valence-corrected chi connectivity index (χ4v) is 6.14. The highest BCUT2D eigenvalue weighted by atomic mass is 16.5. The average molecular weight is 278 g/mol. The molecule has 3 nitrogen and oxygen atoms in total. The number of hydrogen-bond acceptors (Lipinski definition) is 2. The van der Waals surface area contributed by atoms with Gasteiger partial charge in [-0.2, -0.15) is 0 Å². The van der Waals surface area contributed by atoms with E-state index in [1.165, 1.54) is 25.7 Å². The second-order valence-electron chi connectivity index (χ2n) is 7.85. The van der Waals surface area contributed by atoms with E-state index in [-0.39, 0.29) is 5.60 Å². The van der Waals surface area contributed by atoms with Crippen LogP contribution in [0.15, 0.2) is 0 Å². The minimum Gasteiger partial charge on any atom is -0.481 e. The van der Waals surface area contributed by atoms with Crippen LogP contribution in [0.3, 0.4) is 0 Å². The molecule has 1 spiro atoms. The number of carbonyl (C=O) groups is 1. The van der Waals surface area contributed by atoms with E-state index in [2.05, 4.69) is 0 Å². The molecule has 0 aromatic carbocycles. The molecule has 4 atom stereocenters. The molecule has 112 valence electrons. The van der Waals surface area contributed by atoms with E-state index >= 15 is 0 Å². The fraction of sp³-hybridized carbons (Fsp3) is 0.941. The summed E-state index contributed by atoms with van der Waals surface area (Å²) in [6.07, 6.45) is 11.4. The summed E-state index contributed by atoms with van der Waals surface area (Å²) in [6.45, 7) is 0.789. The number of carboxylic acids is 1. The molecule has 3 heteroatoms. The lowest BCUT2D eigenvalue weighted by molar-refractivity contribution is -0.169. The third-order valence-corrected chi connectivity index (χ3v) is 7.03. The Balaban J connectivity index is 1.62. The van der Waals surface area contributed by atoms with Crippen LogP contribution >= 0.6 is 0 Å². The predicted molar refractivity (Wildman–Crippen MR) is 75.4 cm³/mol. The minimum atomic E-state index is -0.496. The predicted octanol–water partition coefficient (Wildman–Crippen LogP) is 3.62. The Morgan fingerprint density at radius 2 is 1.85 bits per heavy atom. The number of aliphatic carboxylic acids is 1. The summed E-state index contributed by atoms with van der Waals surface area (Å²) in [4.78, 5) is 12.2. The van der Waals surface area contributed by atoms with Crippen LogP contribution in [0.2, 0.25) is 0 Å². The third-order valence-electron chi connectivity index (χ3n) is 7.03. The monoisotopic (exact) mass is 278 g/mol. The second kappa shape index (κ2) is 4.46. The molecule has 0 radical (unpaired) electrons. The van der Waals surface area contributed by atoms with Gasteiger partial charge >= 0.3 is 5.97 Å². The smallest absolute Gasteiger partial charge is 0.310 e. The topological polar surface area (TPSA) is 46.5 Å². The highest BCUT2D eigenvalue weighted by Gasteiger charge is 2.61. The lowest BCUT2D eigenvalue weighted by atomic mass is 9.60. The van der Waals surface area contributed by atoms with Crippen LogP contribution in [0.5, 0.6) is 0 Å². The SMILES string of the molecule is O=C(O)C1(C2CCOC3(CCCC3)C2)CC2CCC1C2. The van der Waals surface area contributed by atoms with E-state index in [0.29, 0.717) is 17.8 Å². The lowest BCUT2D eigenvalue weighted by Gasteiger charge is -2.47. The Morgan fingerprint density at radius 1 is 1.05 bits per heavy atom. The van der Waals surface area contributed by atoms with Gasteiger partial charge in [0, 0.05) is 6.61 Å². The van der Waals surface area contributed by atoms with Crippen molar-refractivity contribution >= 4 is 5.97 Å². The zero-order valence-corrected chi connectivity index (χ0v) is 12.3. The molecule has 4 fully saturated rings. The Hall–Kier alpha value is -0.570. The fourth-order valence-electron chi connectivity index (χ4n) is 6.14. The van der Waals surface area contributed by atoms with Gasteiger partial charge in [-0.15, -0.1) is 0 Å². The van der Waals surface area contributed by atoms with Gasteiger partial charge in [0.1, 0.15) is 0 Å². The Labute approximate surface area is 121 Å². The van der Waals surface area contributed by atoms with Crippen molar-refractivity contribution in [2.75, 3.05) is 6.61 Å². The maximum absolute atomic E-state index is 12.2. The molecule has 0 amide bonds. The summed E-state index contributed by atoms with van der Waals surface area (Å²) < 4.78 is 6.13. The summed E-state index contributed by atoms with van der Waals surface area (Å²) in [5, 5.41) is 10.0. The molecule has 1 heterocycles. The van der Waals surface area contributed by atoms with Gasteiger partial charge in [-0.25, -0.2) is 0 Å². The molecule has 3 aliphatic carbocycles. The van der Waals surface area contributed by atoms with Crippen molar-refractivity contribution < 1.29 is 14.6 Å². The summed E-state index contributed by atoms with van der Waals surface area (Å²) in [6, 6.07) is 0. The number of carboxylic acid groups (broad SMARTS) is 1. The first kappa shape index (κ1) is 13.1. The average Bonchev–Trinajstić information content (AvgIpc) is 3.14. The zero-order chi connectivity index (χ0) is 13.8. The van der Waals surface area contributed by atoms with Crippen molar-refractivity contribution in [1.29, 1.82) is 0 Å². The first-order chi connectivity index (χ1) is 9.65. The Morgan fingerprint density at radius 3 is 2.45 bits per heavy atom. The quantitative estimate of drug-likeness (QED) is 0.839. The van der Waals surface area contributed by atoms with Crippen molar-refractivity contribution in [3.8, 4) is 0 Å². The molecule has 0 aromatic rings. The Kier molecular flexibility index (Phi) is 2.93. The molecule has 2 bridgehead atoms. The van der Waals surface area contributed by atoms with Crippen molar-refractivity contribution in [1.82, 2.24) is 0 Å². The molecule has 4 aliphatic rings. The van der Waals surface area contributed by atoms with Gasteiger partial charge < -0.3 is 9.84 Å². The highest BCUT2D eigenvalue weighted by Crippen LogP contribution is 2.62. The molecule has 20 heavy (non-hydrogen) atoms. The van der Waals surface area contributed by atoms with Gasteiger partial charge in [0.05, 0.1) is 11.0 Å². The molecule has 4 rings (SSSR count). The molecule has 0 aromatic heterocycles. The van der Waals surface area contributed by atoms with Crippen LogP contribution in [0, 0.1) is 23.2 Å². The number of hydrogen-bond donors (Lipinski definition) is 1. The van der Waals surface area contributed by atoms with Crippen LogP contribution < -0.4 is 0 Å². The van der Waals surface area contributed by atoms with Crippen molar-refractivity contribution in [2.45, 2.75) is 69.8 Å². The molecular formula is C17H26O3. The molecule has 1 saturated heterocycles. The normalized spacial score (nSPS) is 46.1. The van der Waals surface area contributed by atoms with Gasteiger partial charge in [0.2, 0.25) is 0 Å². The van der Waals surface area contributed by atoms with Crippen molar-refractivity contribution in [3.05, 3.63) is 0 Å². The summed E-state index contributed by atoms with van der Waals surface area (Å²) >= 11 is 0. The van der Waals surface area contributed by atoms with Crippen LogP contribution in [0.25, 0.3) is 0 Å². The molecule has 4 unspecified atom stereocenters. The molecule has 1 aliphatic heterocycles. The Bertz CT molecular complexity index is 412. The van der Waals surface area contributed by atoms with Gasteiger partial charge in [-0.1, -0.05) is 19.3 Å². The lowest BCUT2D eigenvalue weighted by Crippen LogP contribution is -2.49. The van der Waals surface area contributed by atoms with E-state index in [0.717, 1.165) is 45.1 Å². The van der Waals surface area contributed by atoms with Crippen LogP contribution in [0.4, 0.5) is 0 Å². The van der Waals surface area contributed by atoms with E-state index < -0.39 is 11.4 Å². The van der Waals surface area contributed by atoms with E-state index in [9.17, 15) is 9.90 Å². The molecule has 3 saturated carbocycles. The van der Waals surface area contributed by atoms with Crippen LogP contribution in [-0.4, -0.2) is 23.3 Å². The summed E-state index contributed by atoms with van der Waals surface area (Å²) in [7, 11) is 0. The van der Waals surface area contributed by atoms with Gasteiger partial charge in [0.25, 0.3) is 0 Å².